The van der Waals surface area contributed by atoms with E-state index in [1.165, 1.54) is 25.8 Å². The van der Waals surface area contributed by atoms with E-state index < -0.39 is 0 Å². The Hall–Kier alpha value is -1.55. The zero-order valence-electron chi connectivity index (χ0n) is 12.5. The van der Waals surface area contributed by atoms with Crippen LogP contribution >= 0.6 is 0 Å². The molecule has 0 radical (unpaired) electrons. The van der Waals surface area contributed by atoms with Gasteiger partial charge in [-0.05, 0) is 57.1 Å². The standard InChI is InChI=1S/C16H25N3O/c1-17-16(20)12-13-5-7-15(8-6-13)18-14-4-3-10-19(2)11-9-14/h5-8,14,18H,3-4,9-12H2,1-2H3,(H,17,20). The predicted molar refractivity (Wildman–Crippen MR) is 83.0 cm³/mol. The minimum atomic E-state index is 0.0533. The maximum atomic E-state index is 11.3. The number of nitrogens with zero attached hydrogens (tertiary/aromatic N) is 1. The molecule has 1 fully saturated rings. The van der Waals surface area contributed by atoms with Gasteiger partial charge < -0.3 is 15.5 Å². The predicted octanol–water partition coefficient (Wildman–Crippen LogP) is 1.87. The second-order valence-corrected chi connectivity index (χ2v) is 5.62. The van der Waals surface area contributed by atoms with E-state index in [1.54, 1.807) is 7.05 Å². The maximum Gasteiger partial charge on any atom is 0.224 e. The molecule has 1 atom stereocenters. The Kier molecular flexibility index (Phi) is 5.41. The van der Waals surface area contributed by atoms with Gasteiger partial charge >= 0.3 is 0 Å². The third-order valence-electron chi connectivity index (χ3n) is 3.92. The highest BCUT2D eigenvalue weighted by atomic mass is 16.1. The van der Waals surface area contributed by atoms with Crippen LogP contribution in [-0.2, 0) is 11.2 Å². The van der Waals surface area contributed by atoms with Crippen LogP contribution < -0.4 is 10.6 Å². The van der Waals surface area contributed by atoms with Crippen LogP contribution in [0.1, 0.15) is 24.8 Å². The Morgan fingerprint density at radius 2 is 2.00 bits per heavy atom. The fraction of sp³-hybridized carbons (Fsp3) is 0.562. The minimum absolute atomic E-state index is 0.0533. The first-order valence-electron chi connectivity index (χ1n) is 7.42. The second-order valence-electron chi connectivity index (χ2n) is 5.62. The van der Waals surface area contributed by atoms with Crippen LogP contribution in [-0.4, -0.2) is 44.0 Å². The van der Waals surface area contributed by atoms with Crippen LogP contribution in [0, 0.1) is 0 Å². The normalized spacial score (nSPS) is 20.2. The van der Waals surface area contributed by atoms with Crippen LogP contribution in [0.4, 0.5) is 5.69 Å². The van der Waals surface area contributed by atoms with Crippen LogP contribution in [0.15, 0.2) is 24.3 Å². The van der Waals surface area contributed by atoms with E-state index in [1.807, 2.05) is 12.1 Å². The van der Waals surface area contributed by atoms with Gasteiger partial charge in [0.15, 0.2) is 0 Å². The van der Waals surface area contributed by atoms with Gasteiger partial charge in [-0.25, -0.2) is 0 Å². The summed E-state index contributed by atoms with van der Waals surface area (Å²) in [6, 6.07) is 8.77. The molecule has 0 aliphatic carbocycles. The molecule has 0 bridgehead atoms. The van der Waals surface area contributed by atoms with Gasteiger partial charge in [-0.3, -0.25) is 4.79 Å². The summed E-state index contributed by atoms with van der Waals surface area (Å²) in [5.74, 6) is 0.0533. The molecule has 2 rings (SSSR count). The fourth-order valence-electron chi connectivity index (χ4n) is 2.61. The molecule has 0 spiro atoms. The highest BCUT2D eigenvalue weighted by Gasteiger charge is 2.14. The van der Waals surface area contributed by atoms with E-state index in [-0.39, 0.29) is 5.91 Å². The lowest BCUT2D eigenvalue weighted by molar-refractivity contribution is -0.119. The van der Waals surface area contributed by atoms with E-state index in [4.69, 9.17) is 0 Å². The number of benzene rings is 1. The van der Waals surface area contributed by atoms with Gasteiger partial charge in [0.05, 0.1) is 6.42 Å². The molecule has 110 valence electrons. The van der Waals surface area contributed by atoms with Crippen molar-refractivity contribution in [2.24, 2.45) is 0 Å². The first kappa shape index (κ1) is 14.9. The van der Waals surface area contributed by atoms with Gasteiger partial charge in [-0.15, -0.1) is 0 Å². The topological polar surface area (TPSA) is 44.4 Å². The molecule has 2 N–H and O–H groups in total. The molecule has 0 saturated carbocycles. The number of nitrogens with one attached hydrogen (secondary N) is 2. The van der Waals surface area contributed by atoms with Crippen LogP contribution in [0.2, 0.25) is 0 Å². The van der Waals surface area contributed by atoms with Crippen molar-refractivity contribution in [2.45, 2.75) is 31.7 Å². The van der Waals surface area contributed by atoms with Crippen molar-refractivity contribution in [3.05, 3.63) is 29.8 Å². The molecule has 1 aromatic rings. The summed E-state index contributed by atoms with van der Waals surface area (Å²) in [6.45, 7) is 2.36. The van der Waals surface area contributed by atoms with Crippen molar-refractivity contribution >= 4 is 11.6 Å². The molecule has 0 aromatic heterocycles. The van der Waals surface area contributed by atoms with E-state index in [0.29, 0.717) is 12.5 Å². The molecule has 1 saturated heterocycles. The Labute approximate surface area is 121 Å². The van der Waals surface area contributed by atoms with E-state index in [2.05, 4.69) is 34.7 Å². The van der Waals surface area contributed by atoms with Crippen molar-refractivity contribution in [3.63, 3.8) is 0 Å². The molecule has 1 aromatic carbocycles. The summed E-state index contributed by atoms with van der Waals surface area (Å²) in [4.78, 5) is 13.7. The average Bonchev–Trinajstić information content (AvgIpc) is 2.66. The first-order valence-corrected chi connectivity index (χ1v) is 7.42. The van der Waals surface area contributed by atoms with Crippen LogP contribution in [0.5, 0.6) is 0 Å². The number of likely N-dealkylation sites (N-methyl/N-ethyl adjacent to an activating group) is 1. The van der Waals surface area contributed by atoms with E-state index in [9.17, 15) is 4.79 Å². The Morgan fingerprint density at radius 3 is 2.70 bits per heavy atom. The first-order chi connectivity index (χ1) is 9.67. The quantitative estimate of drug-likeness (QED) is 0.882. The van der Waals surface area contributed by atoms with Crippen LogP contribution in [0.3, 0.4) is 0 Å². The summed E-state index contributed by atoms with van der Waals surface area (Å²) >= 11 is 0. The van der Waals surface area contributed by atoms with Crippen molar-refractivity contribution < 1.29 is 4.79 Å². The molecule has 1 aliphatic rings. The van der Waals surface area contributed by atoms with Crippen LogP contribution in [0.25, 0.3) is 0 Å². The number of anilines is 1. The maximum absolute atomic E-state index is 11.3. The summed E-state index contributed by atoms with van der Waals surface area (Å²) in [7, 11) is 3.86. The largest absolute Gasteiger partial charge is 0.382 e. The number of rotatable bonds is 4. The zero-order chi connectivity index (χ0) is 14.4. The van der Waals surface area contributed by atoms with Gasteiger partial charge in [0.25, 0.3) is 0 Å². The van der Waals surface area contributed by atoms with Gasteiger partial charge in [0.1, 0.15) is 0 Å². The van der Waals surface area contributed by atoms with Crippen molar-refractivity contribution in [1.29, 1.82) is 0 Å². The Balaban J connectivity index is 1.88. The number of amides is 1. The molecular formula is C16H25N3O. The SMILES string of the molecule is CNC(=O)Cc1ccc(NC2CCCN(C)CC2)cc1. The van der Waals surface area contributed by atoms with Gasteiger partial charge in [-0.1, -0.05) is 12.1 Å². The van der Waals surface area contributed by atoms with Gasteiger partial charge in [-0.2, -0.15) is 0 Å². The lowest BCUT2D eigenvalue weighted by atomic mass is 10.1. The monoisotopic (exact) mass is 275 g/mol. The number of carbonyl (C=O) groups is 1. The summed E-state index contributed by atoms with van der Waals surface area (Å²) in [6.07, 6.45) is 4.12. The third kappa shape index (κ3) is 4.53. The number of hydrogen-bond acceptors (Lipinski definition) is 3. The highest BCUT2D eigenvalue weighted by molar-refractivity contribution is 5.78. The summed E-state index contributed by atoms with van der Waals surface area (Å²) in [5, 5.41) is 6.25. The highest BCUT2D eigenvalue weighted by Crippen LogP contribution is 2.17. The number of likely N-dealkylation sites (tertiary alicyclic amines) is 1. The number of hydrogen-bond donors (Lipinski definition) is 2. The Bertz CT molecular complexity index is 430. The van der Waals surface area contributed by atoms with E-state index in [0.717, 1.165) is 17.8 Å². The average molecular weight is 275 g/mol. The molecule has 1 amide bonds. The lowest BCUT2D eigenvalue weighted by Crippen LogP contribution is -2.23. The molecule has 1 unspecified atom stereocenters. The van der Waals surface area contributed by atoms with Crippen molar-refractivity contribution in [3.8, 4) is 0 Å². The molecule has 1 heterocycles. The number of carbonyl (C=O) groups excluding carboxylic acids is 1. The second kappa shape index (κ2) is 7.29. The van der Waals surface area contributed by atoms with Crippen molar-refractivity contribution in [2.75, 3.05) is 32.5 Å². The molecule has 4 heteroatoms. The molecule has 4 nitrogen and oxygen atoms in total. The van der Waals surface area contributed by atoms with Gasteiger partial charge in [0.2, 0.25) is 5.91 Å². The lowest BCUT2D eigenvalue weighted by Gasteiger charge is -2.18. The third-order valence-corrected chi connectivity index (χ3v) is 3.92. The summed E-state index contributed by atoms with van der Waals surface area (Å²) < 4.78 is 0. The molecular weight excluding hydrogens is 250 g/mol. The summed E-state index contributed by atoms with van der Waals surface area (Å²) in [5.41, 5.74) is 2.20. The van der Waals surface area contributed by atoms with Gasteiger partial charge in [0, 0.05) is 18.8 Å². The Morgan fingerprint density at radius 1 is 1.25 bits per heavy atom. The molecule has 1 aliphatic heterocycles. The fourth-order valence-corrected chi connectivity index (χ4v) is 2.61. The van der Waals surface area contributed by atoms with Crippen molar-refractivity contribution in [1.82, 2.24) is 10.2 Å². The zero-order valence-corrected chi connectivity index (χ0v) is 12.5. The molecule has 20 heavy (non-hydrogen) atoms. The smallest absolute Gasteiger partial charge is 0.224 e. The van der Waals surface area contributed by atoms with E-state index >= 15 is 0 Å². The minimum Gasteiger partial charge on any atom is -0.382 e.